The number of imidazole rings is 1. The van der Waals surface area contributed by atoms with Crippen LogP contribution < -0.4 is 0 Å². The van der Waals surface area contributed by atoms with Gasteiger partial charge in [0.2, 0.25) is 0 Å². The highest BCUT2D eigenvalue weighted by Crippen LogP contribution is 2.18. The number of benzene rings is 1. The van der Waals surface area contributed by atoms with Crippen LogP contribution in [0.1, 0.15) is 5.69 Å². The summed E-state index contributed by atoms with van der Waals surface area (Å²) in [4.78, 5) is 3.95. The molecule has 0 bridgehead atoms. The van der Waals surface area contributed by atoms with Crippen molar-refractivity contribution in [1.29, 1.82) is 0 Å². The molecule has 0 unspecified atom stereocenters. The molecule has 1 aromatic carbocycles. The van der Waals surface area contributed by atoms with E-state index >= 15 is 0 Å². The molecular weight excluding hydrogens is 263 g/mol. The Hall–Kier alpha value is -1.20. The van der Waals surface area contributed by atoms with Crippen molar-refractivity contribution in [3.8, 4) is 5.69 Å². The van der Waals surface area contributed by atoms with E-state index in [1.165, 1.54) is 18.5 Å². The third-order valence-corrected chi connectivity index (χ3v) is 2.40. The SMILES string of the molecule is OCc1cn(-c2cc(F)cc(Br)c2)cn1. The summed E-state index contributed by atoms with van der Waals surface area (Å²) in [6.07, 6.45) is 3.19. The number of rotatable bonds is 2. The van der Waals surface area contributed by atoms with Gasteiger partial charge in [0, 0.05) is 10.7 Å². The van der Waals surface area contributed by atoms with Gasteiger partial charge in [-0.25, -0.2) is 9.37 Å². The van der Waals surface area contributed by atoms with E-state index in [1.807, 2.05) is 0 Å². The first-order valence-corrected chi connectivity index (χ1v) is 5.08. The molecule has 0 atom stereocenters. The molecular formula is C10H8BrFN2O. The van der Waals surface area contributed by atoms with Crippen molar-refractivity contribution in [3.05, 3.63) is 46.7 Å². The molecule has 5 heteroatoms. The van der Waals surface area contributed by atoms with Crippen LogP contribution in [0.2, 0.25) is 0 Å². The van der Waals surface area contributed by atoms with Crippen LogP contribution in [-0.2, 0) is 6.61 Å². The van der Waals surface area contributed by atoms with Crippen LogP contribution in [0, 0.1) is 5.82 Å². The van der Waals surface area contributed by atoms with Crippen molar-refractivity contribution >= 4 is 15.9 Å². The smallest absolute Gasteiger partial charge is 0.126 e. The summed E-state index contributed by atoms with van der Waals surface area (Å²) in [7, 11) is 0. The molecule has 1 aromatic heterocycles. The second-order valence-electron chi connectivity index (χ2n) is 3.06. The number of hydrogen-bond acceptors (Lipinski definition) is 2. The van der Waals surface area contributed by atoms with E-state index in [-0.39, 0.29) is 12.4 Å². The van der Waals surface area contributed by atoms with Gasteiger partial charge in [-0.3, -0.25) is 0 Å². The minimum atomic E-state index is -0.321. The summed E-state index contributed by atoms with van der Waals surface area (Å²) in [5.41, 5.74) is 1.21. The molecule has 0 fully saturated rings. The van der Waals surface area contributed by atoms with Crippen molar-refractivity contribution in [1.82, 2.24) is 9.55 Å². The quantitative estimate of drug-likeness (QED) is 0.909. The van der Waals surface area contributed by atoms with Gasteiger partial charge >= 0.3 is 0 Å². The monoisotopic (exact) mass is 270 g/mol. The average molecular weight is 271 g/mol. The fourth-order valence-corrected chi connectivity index (χ4v) is 1.73. The predicted molar refractivity (Wildman–Crippen MR) is 57.1 cm³/mol. The second kappa shape index (κ2) is 4.12. The number of hydrogen-bond donors (Lipinski definition) is 1. The molecule has 0 spiro atoms. The van der Waals surface area contributed by atoms with Crippen molar-refractivity contribution < 1.29 is 9.50 Å². The van der Waals surface area contributed by atoms with E-state index in [0.29, 0.717) is 15.9 Å². The standard InChI is InChI=1S/C10H8BrFN2O/c11-7-1-8(12)3-10(2-7)14-4-9(5-15)13-6-14/h1-4,6,15H,5H2. The predicted octanol–water partition coefficient (Wildman–Crippen LogP) is 2.27. The third kappa shape index (κ3) is 2.24. The molecule has 0 aliphatic heterocycles. The van der Waals surface area contributed by atoms with Gasteiger partial charge in [-0.2, -0.15) is 0 Å². The first-order valence-electron chi connectivity index (χ1n) is 4.29. The molecule has 2 rings (SSSR count). The highest BCUT2D eigenvalue weighted by Gasteiger charge is 2.02. The van der Waals surface area contributed by atoms with Crippen LogP contribution in [0.3, 0.4) is 0 Å². The highest BCUT2D eigenvalue weighted by atomic mass is 79.9. The molecule has 0 aliphatic carbocycles. The lowest BCUT2D eigenvalue weighted by Gasteiger charge is -2.02. The van der Waals surface area contributed by atoms with Gasteiger partial charge in [0.15, 0.2) is 0 Å². The maximum Gasteiger partial charge on any atom is 0.126 e. The molecule has 1 N–H and O–H groups in total. The van der Waals surface area contributed by atoms with E-state index in [9.17, 15) is 4.39 Å². The molecule has 0 amide bonds. The summed E-state index contributed by atoms with van der Waals surface area (Å²) >= 11 is 3.21. The number of aromatic nitrogens is 2. The molecule has 78 valence electrons. The molecule has 2 aromatic rings. The lowest BCUT2D eigenvalue weighted by molar-refractivity contribution is 0.277. The molecule has 0 aliphatic rings. The van der Waals surface area contributed by atoms with Crippen molar-refractivity contribution in [2.75, 3.05) is 0 Å². The maximum atomic E-state index is 13.1. The van der Waals surface area contributed by atoms with Crippen molar-refractivity contribution in [2.24, 2.45) is 0 Å². The Kier molecular flexibility index (Phi) is 2.83. The highest BCUT2D eigenvalue weighted by molar-refractivity contribution is 9.10. The number of halogens is 2. The summed E-state index contributed by atoms with van der Waals surface area (Å²) in [5.74, 6) is -0.321. The van der Waals surface area contributed by atoms with Gasteiger partial charge in [0.05, 0.1) is 24.3 Å². The minimum absolute atomic E-state index is 0.122. The number of nitrogens with zero attached hydrogens (tertiary/aromatic N) is 2. The van der Waals surface area contributed by atoms with Gasteiger partial charge in [0.1, 0.15) is 5.82 Å². The zero-order valence-corrected chi connectivity index (χ0v) is 9.28. The van der Waals surface area contributed by atoms with E-state index in [0.717, 1.165) is 0 Å². The van der Waals surface area contributed by atoms with Gasteiger partial charge in [-0.05, 0) is 18.2 Å². The molecule has 15 heavy (non-hydrogen) atoms. The lowest BCUT2D eigenvalue weighted by atomic mass is 10.3. The van der Waals surface area contributed by atoms with Crippen LogP contribution in [0.4, 0.5) is 4.39 Å². The topological polar surface area (TPSA) is 38.0 Å². The number of aliphatic hydroxyl groups excluding tert-OH is 1. The Morgan fingerprint density at radius 2 is 2.20 bits per heavy atom. The van der Waals surface area contributed by atoms with Crippen LogP contribution in [0.5, 0.6) is 0 Å². The summed E-state index contributed by atoms with van der Waals surface area (Å²) in [6, 6.07) is 4.55. The zero-order valence-electron chi connectivity index (χ0n) is 7.69. The third-order valence-electron chi connectivity index (χ3n) is 1.94. The van der Waals surface area contributed by atoms with E-state index < -0.39 is 0 Å². The van der Waals surface area contributed by atoms with Gasteiger partial charge in [0.25, 0.3) is 0 Å². The summed E-state index contributed by atoms with van der Waals surface area (Å²) in [5, 5.41) is 8.85. The Morgan fingerprint density at radius 3 is 2.80 bits per heavy atom. The average Bonchev–Trinajstić information content (AvgIpc) is 2.64. The van der Waals surface area contributed by atoms with E-state index in [2.05, 4.69) is 20.9 Å². The molecule has 0 saturated carbocycles. The van der Waals surface area contributed by atoms with Crippen LogP contribution in [0.25, 0.3) is 5.69 Å². The van der Waals surface area contributed by atoms with E-state index in [1.54, 1.807) is 16.8 Å². The van der Waals surface area contributed by atoms with Gasteiger partial charge in [-0.1, -0.05) is 15.9 Å². The Morgan fingerprint density at radius 1 is 1.40 bits per heavy atom. The summed E-state index contributed by atoms with van der Waals surface area (Å²) in [6.45, 7) is -0.122. The Balaban J connectivity index is 2.44. The Bertz CT molecular complexity index is 464. The van der Waals surface area contributed by atoms with Crippen LogP contribution >= 0.6 is 15.9 Å². The van der Waals surface area contributed by atoms with Gasteiger partial charge < -0.3 is 9.67 Å². The van der Waals surface area contributed by atoms with Crippen molar-refractivity contribution in [3.63, 3.8) is 0 Å². The normalized spacial score (nSPS) is 10.6. The zero-order chi connectivity index (χ0) is 10.8. The number of aliphatic hydroxyl groups is 1. The Labute approximate surface area is 94.3 Å². The molecule has 0 saturated heterocycles. The van der Waals surface area contributed by atoms with Crippen LogP contribution in [0.15, 0.2) is 35.2 Å². The minimum Gasteiger partial charge on any atom is -0.390 e. The largest absolute Gasteiger partial charge is 0.390 e. The van der Waals surface area contributed by atoms with Gasteiger partial charge in [-0.15, -0.1) is 0 Å². The molecule has 1 heterocycles. The second-order valence-corrected chi connectivity index (χ2v) is 3.97. The van der Waals surface area contributed by atoms with Crippen molar-refractivity contribution in [2.45, 2.75) is 6.61 Å². The molecule has 0 radical (unpaired) electrons. The van der Waals surface area contributed by atoms with E-state index in [4.69, 9.17) is 5.11 Å². The summed E-state index contributed by atoms with van der Waals surface area (Å²) < 4.78 is 15.4. The first kappa shape index (κ1) is 10.3. The first-order chi connectivity index (χ1) is 7.19. The fraction of sp³-hybridized carbons (Fsp3) is 0.100. The fourth-order valence-electron chi connectivity index (χ4n) is 1.27. The van der Waals surface area contributed by atoms with Crippen LogP contribution in [-0.4, -0.2) is 14.7 Å². The molecule has 3 nitrogen and oxygen atoms in total. The lowest BCUT2D eigenvalue weighted by Crippen LogP contribution is -1.91. The maximum absolute atomic E-state index is 13.1.